The minimum absolute atomic E-state index is 0.00530. The summed E-state index contributed by atoms with van der Waals surface area (Å²) >= 11 is 0. The molecular weight excluding hydrogens is 296 g/mol. The van der Waals surface area contributed by atoms with Crippen molar-refractivity contribution in [1.82, 2.24) is 0 Å². The van der Waals surface area contributed by atoms with Crippen molar-refractivity contribution in [1.29, 1.82) is 0 Å². The van der Waals surface area contributed by atoms with E-state index in [1.807, 2.05) is 49.4 Å². The van der Waals surface area contributed by atoms with Gasteiger partial charge in [-0.1, -0.05) is 55.5 Å². The van der Waals surface area contributed by atoms with Crippen LogP contribution >= 0.6 is 0 Å². The number of hydrogen-bond acceptors (Lipinski definition) is 3. The zero-order valence-corrected chi connectivity index (χ0v) is 13.3. The van der Waals surface area contributed by atoms with Gasteiger partial charge in [-0.3, -0.25) is 0 Å². The molecule has 3 atom stereocenters. The van der Waals surface area contributed by atoms with E-state index in [9.17, 15) is 13.5 Å². The monoisotopic (exact) mass is 316 g/mol. The number of aliphatic hydroxyl groups excluding tert-OH is 1. The van der Waals surface area contributed by atoms with E-state index < -0.39 is 15.3 Å². The van der Waals surface area contributed by atoms with Crippen LogP contribution in [0.4, 0.5) is 0 Å². The van der Waals surface area contributed by atoms with E-state index in [4.69, 9.17) is 0 Å². The smallest absolute Gasteiger partial charge is 0.205 e. The van der Waals surface area contributed by atoms with Gasteiger partial charge in [0.2, 0.25) is 9.84 Å². The van der Waals surface area contributed by atoms with Gasteiger partial charge in [0.25, 0.3) is 0 Å². The lowest BCUT2D eigenvalue weighted by Gasteiger charge is -2.22. The van der Waals surface area contributed by atoms with Gasteiger partial charge >= 0.3 is 0 Å². The third-order valence-electron chi connectivity index (χ3n) is 4.59. The predicted molar refractivity (Wildman–Crippen MR) is 86.3 cm³/mol. The summed E-state index contributed by atoms with van der Waals surface area (Å²) in [6.07, 6.45) is 1.27. The molecule has 0 spiro atoms. The van der Waals surface area contributed by atoms with Gasteiger partial charge in [-0.25, -0.2) is 8.42 Å². The summed E-state index contributed by atoms with van der Waals surface area (Å²) in [7, 11) is -3.70. The molecule has 0 saturated carbocycles. The fourth-order valence-electron chi connectivity index (χ4n) is 3.33. The van der Waals surface area contributed by atoms with Crippen LogP contribution in [-0.4, -0.2) is 19.0 Å². The topological polar surface area (TPSA) is 54.4 Å². The standard InChI is InChI=1S/C18H20O3S/c1-2-13-12-16(14-8-4-3-5-9-14)15-10-6-7-11-17(15)22(20,21)18(13)19/h3-11,13,16,18-19H,2,12H2,1H3. The molecule has 0 radical (unpaired) electrons. The quantitative estimate of drug-likeness (QED) is 0.924. The average Bonchev–Trinajstić information content (AvgIpc) is 2.63. The first kappa shape index (κ1) is 15.3. The van der Waals surface area contributed by atoms with E-state index in [-0.39, 0.29) is 16.7 Å². The van der Waals surface area contributed by atoms with Crippen molar-refractivity contribution in [3.8, 4) is 0 Å². The predicted octanol–water partition coefficient (Wildman–Crippen LogP) is 3.34. The number of sulfone groups is 1. The maximum absolute atomic E-state index is 12.7. The Morgan fingerprint density at radius 1 is 1.05 bits per heavy atom. The van der Waals surface area contributed by atoms with Crippen molar-refractivity contribution in [3.63, 3.8) is 0 Å². The Bertz CT molecular complexity index is 753. The van der Waals surface area contributed by atoms with E-state index in [0.29, 0.717) is 12.8 Å². The molecule has 1 aliphatic rings. The third kappa shape index (κ3) is 2.46. The maximum atomic E-state index is 12.7. The highest BCUT2D eigenvalue weighted by Gasteiger charge is 2.39. The summed E-state index contributed by atoms with van der Waals surface area (Å²) in [5.74, 6) is -0.267. The first-order valence-electron chi connectivity index (χ1n) is 7.61. The normalized spacial score (nSPS) is 26.9. The second-order valence-electron chi connectivity index (χ2n) is 5.84. The fraction of sp³-hybridized carbons (Fsp3) is 0.333. The molecule has 1 aliphatic heterocycles. The molecule has 0 amide bonds. The van der Waals surface area contributed by atoms with Crippen molar-refractivity contribution in [2.45, 2.75) is 36.0 Å². The number of hydrogen-bond donors (Lipinski definition) is 1. The molecule has 3 nitrogen and oxygen atoms in total. The Morgan fingerprint density at radius 2 is 1.68 bits per heavy atom. The lowest BCUT2D eigenvalue weighted by molar-refractivity contribution is 0.169. The summed E-state index contributed by atoms with van der Waals surface area (Å²) in [6.45, 7) is 1.93. The Kier molecular flexibility index (Phi) is 4.06. The molecule has 0 fully saturated rings. The largest absolute Gasteiger partial charge is 0.376 e. The van der Waals surface area contributed by atoms with Crippen LogP contribution in [-0.2, 0) is 9.84 Å². The fourth-order valence-corrected chi connectivity index (χ4v) is 5.20. The molecule has 4 heteroatoms. The van der Waals surface area contributed by atoms with E-state index in [2.05, 4.69) is 0 Å². The lowest BCUT2D eigenvalue weighted by atomic mass is 9.83. The summed E-state index contributed by atoms with van der Waals surface area (Å²) in [5.41, 5.74) is 0.564. The van der Waals surface area contributed by atoms with Crippen LogP contribution in [0.15, 0.2) is 59.5 Å². The Balaban J connectivity index is 2.23. The van der Waals surface area contributed by atoms with E-state index in [1.54, 1.807) is 12.1 Å². The van der Waals surface area contributed by atoms with Gasteiger partial charge in [-0.15, -0.1) is 0 Å². The van der Waals surface area contributed by atoms with Crippen LogP contribution in [0, 0.1) is 5.92 Å². The minimum Gasteiger partial charge on any atom is -0.376 e. The van der Waals surface area contributed by atoms with Gasteiger partial charge in [0.15, 0.2) is 5.44 Å². The molecule has 116 valence electrons. The highest BCUT2D eigenvalue weighted by Crippen LogP contribution is 2.42. The van der Waals surface area contributed by atoms with Crippen LogP contribution in [0.5, 0.6) is 0 Å². The Morgan fingerprint density at radius 3 is 2.36 bits per heavy atom. The Hall–Kier alpha value is -1.65. The molecule has 3 rings (SSSR count). The molecule has 1 N–H and O–H groups in total. The van der Waals surface area contributed by atoms with Crippen LogP contribution in [0.1, 0.15) is 36.8 Å². The molecule has 0 saturated heterocycles. The molecule has 2 aromatic rings. The molecule has 3 unspecified atom stereocenters. The number of rotatable bonds is 2. The summed E-state index contributed by atoms with van der Waals surface area (Å²) in [5, 5.41) is 10.4. The van der Waals surface area contributed by atoms with Crippen molar-refractivity contribution in [2.24, 2.45) is 5.92 Å². The van der Waals surface area contributed by atoms with Gasteiger partial charge in [-0.2, -0.15) is 0 Å². The molecule has 2 aromatic carbocycles. The molecule has 0 aliphatic carbocycles. The lowest BCUT2D eigenvalue weighted by Crippen LogP contribution is -2.28. The molecular formula is C18H20O3S. The van der Waals surface area contributed by atoms with Gasteiger partial charge < -0.3 is 5.11 Å². The molecule has 0 bridgehead atoms. The van der Waals surface area contributed by atoms with Gasteiger partial charge in [0.1, 0.15) is 0 Å². The zero-order valence-electron chi connectivity index (χ0n) is 12.5. The van der Waals surface area contributed by atoms with E-state index in [0.717, 1.165) is 11.1 Å². The van der Waals surface area contributed by atoms with E-state index in [1.165, 1.54) is 0 Å². The van der Waals surface area contributed by atoms with Crippen molar-refractivity contribution in [2.75, 3.05) is 0 Å². The van der Waals surface area contributed by atoms with Gasteiger partial charge in [0, 0.05) is 11.8 Å². The first-order chi connectivity index (χ1) is 10.6. The Labute approximate surface area is 131 Å². The highest BCUT2D eigenvalue weighted by molar-refractivity contribution is 7.92. The number of benzene rings is 2. The molecule has 22 heavy (non-hydrogen) atoms. The first-order valence-corrected chi connectivity index (χ1v) is 9.16. The highest BCUT2D eigenvalue weighted by atomic mass is 32.2. The second-order valence-corrected chi connectivity index (χ2v) is 7.85. The minimum atomic E-state index is -3.70. The van der Waals surface area contributed by atoms with Crippen LogP contribution in [0.25, 0.3) is 0 Å². The van der Waals surface area contributed by atoms with Gasteiger partial charge in [0.05, 0.1) is 4.90 Å². The van der Waals surface area contributed by atoms with Crippen molar-refractivity contribution >= 4 is 9.84 Å². The molecule has 1 heterocycles. The number of aliphatic hydroxyl groups is 1. The SMILES string of the molecule is CCC1CC(c2ccccc2)c2ccccc2S(=O)(=O)C1O. The van der Waals surface area contributed by atoms with Gasteiger partial charge in [-0.05, 0) is 30.0 Å². The van der Waals surface area contributed by atoms with Crippen LogP contribution < -0.4 is 0 Å². The molecule has 0 aromatic heterocycles. The number of fused-ring (bicyclic) bond motifs is 1. The average molecular weight is 316 g/mol. The van der Waals surface area contributed by atoms with Crippen molar-refractivity contribution < 1.29 is 13.5 Å². The maximum Gasteiger partial charge on any atom is 0.205 e. The zero-order chi connectivity index (χ0) is 15.7. The summed E-state index contributed by atoms with van der Waals surface area (Å²) in [6, 6.07) is 17.0. The van der Waals surface area contributed by atoms with Crippen molar-refractivity contribution in [3.05, 3.63) is 65.7 Å². The third-order valence-corrected chi connectivity index (χ3v) is 6.59. The second kappa shape index (κ2) is 5.86. The van der Waals surface area contributed by atoms with E-state index >= 15 is 0 Å². The summed E-state index contributed by atoms with van der Waals surface area (Å²) in [4.78, 5) is 0.271. The van der Waals surface area contributed by atoms with Crippen LogP contribution in [0.2, 0.25) is 0 Å². The summed E-state index contributed by atoms with van der Waals surface area (Å²) < 4.78 is 25.4. The van der Waals surface area contributed by atoms with Crippen LogP contribution in [0.3, 0.4) is 0 Å².